The topological polar surface area (TPSA) is 63.0 Å². The molecule has 2 heterocycles. The molecule has 0 radical (unpaired) electrons. The summed E-state index contributed by atoms with van der Waals surface area (Å²) in [4.78, 5) is 11.5. The van der Waals surface area contributed by atoms with Gasteiger partial charge >= 0.3 is 5.97 Å². The highest BCUT2D eigenvalue weighted by Gasteiger charge is 2.55. The Labute approximate surface area is 148 Å². The van der Waals surface area contributed by atoms with Crippen LogP contribution in [-0.2, 0) is 28.0 Å². The van der Waals surface area contributed by atoms with Gasteiger partial charge in [0.2, 0.25) is 5.60 Å². The summed E-state index contributed by atoms with van der Waals surface area (Å²) in [5.74, 6) is 0.197. The molecule has 0 spiro atoms. The average Bonchev–Trinajstić information content (AvgIpc) is 3.27. The van der Waals surface area contributed by atoms with Crippen molar-refractivity contribution in [1.82, 2.24) is 0 Å². The number of carbonyl (C=O) groups is 1. The van der Waals surface area contributed by atoms with Crippen LogP contribution in [0, 0.1) is 0 Å². The highest BCUT2D eigenvalue weighted by Crippen LogP contribution is 2.41. The maximum Gasteiger partial charge on any atom is 0.343 e. The minimum atomic E-state index is -1.08. The second-order valence-electron chi connectivity index (χ2n) is 6.78. The van der Waals surface area contributed by atoms with Gasteiger partial charge in [-0.15, -0.1) is 0 Å². The van der Waals surface area contributed by atoms with Crippen LogP contribution in [0.15, 0.2) is 47.1 Å². The average molecular weight is 342 g/mol. The first-order valence-corrected chi connectivity index (χ1v) is 9.20. The summed E-state index contributed by atoms with van der Waals surface area (Å²) in [6.45, 7) is 0.287. The highest BCUT2D eigenvalue weighted by atomic mass is 16.6. The van der Waals surface area contributed by atoms with Crippen molar-refractivity contribution in [2.75, 3.05) is 6.61 Å². The van der Waals surface area contributed by atoms with E-state index in [1.54, 1.807) is 6.26 Å². The lowest BCUT2D eigenvalue weighted by Crippen LogP contribution is -2.23. The van der Waals surface area contributed by atoms with Gasteiger partial charge in [-0.25, -0.2) is 4.79 Å². The zero-order valence-electron chi connectivity index (χ0n) is 14.6. The fraction of sp³-hybridized carbons (Fsp3) is 0.476. The first-order chi connectivity index (χ1) is 12.2. The van der Waals surface area contributed by atoms with Crippen LogP contribution in [0.25, 0.3) is 0 Å². The van der Waals surface area contributed by atoms with Crippen LogP contribution in [0.3, 0.4) is 0 Å². The largest absolute Gasteiger partial charge is 0.479 e. The molecule has 1 aliphatic rings. The van der Waals surface area contributed by atoms with E-state index in [0.29, 0.717) is 0 Å². The molecular formula is C21H26O4. The van der Waals surface area contributed by atoms with Crippen molar-refractivity contribution >= 4 is 5.97 Å². The molecule has 1 saturated heterocycles. The predicted octanol–water partition coefficient (Wildman–Crippen LogP) is 4.72. The minimum absolute atomic E-state index is 0.287. The molecule has 0 saturated carbocycles. The number of carboxylic acid groups (broad SMARTS) is 1. The van der Waals surface area contributed by atoms with Crippen LogP contribution < -0.4 is 0 Å². The molecule has 1 unspecified atom stereocenters. The number of epoxide rings is 1. The van der Waals surface area contributed by atoms with Crippen molar-refractivity contribution in [3.05, 3.63) is 59.5 Å². The van der Waals surface area contributed by atoms with Crippen LogP contribution >= 0.6 is 0 Å². The zero-order chi connectivity index (χ0) is 17.5. The number of unbranched alkanes of at least 4 members (excludes halogenated alkanes) is 5. The van der Waals surface area contributed by atoms with Crippen LogP contribution in [0.1, 0.15) is 55.4 Å². The van der Waals surface area contributed by atoms with Gasteiger partial charge in [-0.05, 0) is 37.0 Å². The quantitative estimate of drug-likeness (QED) is 0.474. The maximum absolute atomic E-state index is 11.5. The van der Waals surface area contributed by atoms with Crippen molar-refractivity contribution < 1.29 is 19.1 Å². The van der Waals surface area contributed by atoms with E-state index in [2.05, 4.69) is 0 Å². The number of furan rings is 1. The number of hydrogen-bond donors (Lipinski definition) is 1. The van der Waals surface area contributed by atoms with Gasteiger partial charge in [0.05, 0.1) is 12.9 Å². The number of rotatable bonds is 11. The molecule has 2 aromatic rings. The monoisotopic (exact) mass is 342 g/mol. The maximum atomic E-state index is 11.5. The van der Waals surface area contributed by atoms with E-state index in [1.165, 1.54) is 32.1 Å². The number of aliphatic carboxylic acids is 1. The first-order valence-electron chi connectivity index (χ1n) is 9.20. The lowest BCUT2D eigenvalue weighted by molar-refractivity contribution is -0.143. The third kappa shape index (κ3) is 4.51. The molecule has 4 heteroatoms. The van der Waals surface area contributed by atoms with Crippen molar-refractivity contribution in [3.8, 4) is 0 Å². The first kappa shape index (κ1) is 17.7. The normalized spacial score (nSPS) is 19.0. The molecular weight excluding hydrogens is 316 g/mol. The number of benzene rings is 1. The van der Waals surface area contributed by atoms with E-state index in [0.717, 1.165) is 36.1 Å². The van der Waals surface area contributed by atoms with E-state index in [4.69, 9.17) is 9.15 Å². The lowest BCUT2D eigenvalue weighted by atomic mass is 9.91. The molecule has 1 atom stereocenters. The van der Waals surface area contributed by atoms with Crippen LogP contribution in [-0.4, -0.2) is 17.7 Å². The van der Waals surface area contributed by atoms with E-state index in [1.807, 2.05) is 36.4 Å². The van der Waals surface area contributed by atoms with E-state index < -0.39 is 11.6 Å². The highest BCUT2D eigenvalue weighted by molar-refractivity contribution is 5.82. The lowest BCUT2D eigenvalue weighted by Gasteiger charge is -2.13. The molecule has 1 aromatic carbocycles. The van der Waals surface area contributed by atoms with Crippen LogP contribution in [0.5, 0.6) is 0 Å². The van der Waals surface area contributed by atoms with Gasteiger partial charge in [-0.2, -0.15) is 0 Å². The van der Waals surface area contributed by atoms with Gasteiger partial charge in [-0.1, -0.05) is 49.9 Å². The van der Waals surface area contributed by atoms with Crippen LogP contribution in [0.4, 0.5) is 0 Å². The molecule has 1 fully saturated rings. The minimum Gasteiger partial charge on any atom is -0.479 e. The third-order valence-corrected chi connectivity index (χ3v) is 4.93. The molecule has 1 aliphatic heterocycles. The Hall–Kier alpha value is -2.07. The molecule has 4 nitrogen and oxygen atoms in total. The molecule has 1 N–H and O–H groups in total. The SMILES string of the molecule is O=C(O)C1(c2ccccc2CCCCCCCCc2ccco2)CO1. The molecule has 134 valence electrons. The molecule has 0 aliphatic carbocycles. The zero-order valence-corrected chi connectivity index (χ0v) is 14.6. The van der Waals surface area contributed by atoms with Gasteiger partial charge in [0.1, 0.15) is 5.76 Å². The Morgan fingerprint density at radius 3 is 2.28 bits per heavy atom. The number of ether oxygens (including phenoxy) is 1. The predicted molar refractivity (Wildman–Crippen MR) is 95.5 cm³/mol. The summed E-state index contributed by atoms with van der Waals surface area (Å²) in [7, 11) is 0. The molecule has 0 bridgehead atoms. The van der Waals surface area contributed by atoms with Gasteiger partial charge in [0.25, 0.3) is 0 Å². The fourth-order valence-corrected chi connectivity index (χ4v) is 3.38. The molecule has 1 aromatic heterocycles. The summed E-state index contributed by atoms with van der Waals surface area (Å²) in [6, 6.07) is 11.8. The Morgan fingerprint density at radius 1 is 0.960 bits per heavy atom. The van der Waals surface area contributed by atoms with E-state index >= 15 is 0 Å². The summed E-state index contributed by atoms with van der Waals surface area (Å²) in [6.07, 6.45) is 10.8. The number of carboxylic acids is 1. The summed E-state index contributed by atoms with van der Waals surface area (Å²) >= 11 is 0. The molecule has 0 amide bonds. The van der Waals surface area contributed by atoms with Crippen molar-refractivity contribution in [2.24, 2.45) is 0 Å². The van der Waals surface area contributed by atoms with Gasteiger partial charge in [0, 0.05) is 12.0 Å². The van der Waals surface area contributed by atoms with Gasteiger partial charge < -0.3 is 14.3 Å². The van der Waals surface area contributed by atoms with E-state index in [9.17, 15) is 9.90 Å². The summed E-state index contributed by atoms with van der Waals surface area (Å²) in [5.41, 5.74) is 0.865. The van der Waals surface area contributed by atoms with E-state index in [-0.39, 0.29) is 6.61 Å². The smallest absolute Gasteiger partial charge is 0.343 e. The molecule has 25 heavy (non-hydrogen) atoms. The Kier molecular flexibility index (Phi) is 5.92. The number of aryl methyl sites for hydroxylation is 2. The fourth-order valence-electron chi connectivity index (χ4n) is 3.38. The third-order valence-electron chi connectivity index (χ3n) is 4.93. The summed E-state index contributed by atoms with van der Waals surface area (Å²) in [5, 5.41) is 9.41. The standard InChI is InChI=1S/C21H26O4/c22-20(23)21(16-25-21)19-14-8-7-11-17(19)10-5-3-1-2-4-6-12-18-13-9-15-24-18/h7-9,11,13-15H,1-6,10,12,16H2,(H,22,23). The summed E-state index contributed by atoms with van der Waals surface area (Å²) < 4.78 is 10.6. The van der Waals surface area contributed by atoms with Gasteiger partial charge in [-0.3, -0.25) is 0 Å². The molecule has 3 rings (SSSR count). The number of hydrogen-bond acceptors (Lipinski definition) is 3. The Morgan fingerprint density at radius 2 is 1.64 bits per heavy atom. The second-order valence-corrected chi connectivity index (χ2v) is 6.78. The van der Waals surface area contributed by atoms with Gasteiger partial charge in [0.15, 0.2) is 0 Å². The Balaban J connectivity index is 1.35. The second kappa shape index (κ2) is 8.34. The van der Waals surface area contributed by atoms with Crippen molar-refractivity contribution in [1.29, 1.82) is 0 Å². The Bertz CT molecular complexity index is 671. The van der Waals surface area contributed by atoms with Crippen molar-refractivity contribution in [3.63, 3.8) is 0 Å². The van der Waals surface area contributed by atoms with Crippen molar-refractivity contribution in [2.45, 2.75) is 57.0 Å². The van der Waals surface area contributed by atoms with Crippen LogP contribution in [0.2, 0.25) is 0 Å².